The summed E-state index contributed by atoms with van der Waals surface area (Å²) in [6, 6.07) is 8.85. The minimum atomic E-state index is 0.645. The number of hydrogen-bond donors (Lipinski definition) is 1. The smallest absolute Gasteiger partial charge is 0.0406 e. The minimum absolute atomic E-state index is 0.645. The van der Waals surface area contributed by atoms with Gasteiger partial charge in [0, 0.05) is 21.2 Å². The number of thioether (sulfide) groups is 1. The molecule has 17 heavy (non-hydrogen) atoms. The molecule has 1 aliphatic rings. The van der Waals surface area contributed by atoms with Crippen LogP contribution >= 0.6 is 23.4 Å². The van der Waals surface area contributed by atoms with Crippen molar-refractivity contribution < 1.29 is 0 Å². The van der Waals surface area contributed by atoms with E-state index in [0.717, 1.165) is 10.9 Å². The topological polar surface area (TPSA) is 12.0 Å². The van der Waals surface area contributed by atoms with Gasteiger partial charge in [-0.25, -0.2) is 0 Å². The van der Waals surface area contributed by atoms with E-state index in [4.69, 9.17) is 11.6 Å². The van der Waals surface area contributed by atoms with Gasteiger partial charge < -0.3 is 5.32 Å². The monoisotopic (exact) mass is 269 g/mol. The van der Waals surface area contributed by atoms with Gasteiger partial charge in [0.25, 0.3) is 0 Å². The van der Waals surface area contributed by atoms with Crippen LogP contribution < -0.4 is 5.32 Å². The van der Waals surface area contributed by atoms with Crippen LogP contribution in [0.2, 0.25) is 5.02 Å². The first-order valence-corrected chi connectivity index (χ1v) is 7.54. The third-order valence-corrected chi connectivity index (χ3v) is 5.15. The molecule has 1 aliphatic carbocycles. The lowest BCUT2D eigenvalue weighted by Gasteiger charge is -2.34. The standard InChI is InChI=1S/C14H20ClNS/c1-10-3-8-13(16-2)14(9-10)17-12-6-4-11(15)5-7-12/h4-7,10,13-14,16H,3,8-9H2,1-2H3. The number of benzene rings is 1. The highest BCUT2D eigenvalue weighted by Crippen LogP contribution is 2.36. The van der Waals surface area contributed by atoms with Crippen LogP contribution in [0.3, 0.4) is 0 Å². The Kier molecular flexibility index (Phi) is 4.78. The predicted octanol–water partition coefficient (Wildman–Crippen LogP) is 4.21. The summed E-state index contributed by atoms with van der Waals surface area (Å²) in [5.74, 6) is 0.851. The van der Waals surface area contributed by atoms with E-state index in [1.54, 1.807) is 0 Å². The molecular formula is C14H20ClNS. The highest BCUT2D eigenvalue weighted by atomic mass is 35.5. The third kappa shape index (κ3) is 3.64. The average molecular weight is 270 g/mol. The molecule has 0 radical (unpaired) electrons. The Morgan fingerprint density at radius 3 is 2.59 bits per heavy atom. The molecule has 1 saturated carbocycles. The summed E-state index contributed by atoms with van der Waals surface area (Å²) < 4.78 is 0. The quantitative estimate of drug-likeness (QED) is 0.882. The zero-order valence-electron chi connectivity index (χ0n) is 10.4. The van der Waals surface area contributed by atoms with Crippen molar-refractivity contribution in [2.75, 3.05) is 7.05 Å². The average Bonchev–Trinajstić information content (AvgIpc) is 2.32. The number of halogens is 1. The summed E-state index contributed by atoms with van der Waals surface area (Å²) >= 11 is 7.90. The van der Waals surface area contributed by atoms with Gasteiger partial charge in [0.15, 0.2) is 0 Å². The Labute approximate surface area is 113 Å². The van der Waals surface area contributed by atoms with Gasteiger partial charge >= 0.3 is 0 Å². The largest absolute Gasteiger partial charge is 0.316 e. The fourth-order valence-corrected chi connectivity index (χ4v) is 4.11. The second-order valence-corrected chi connectivity index (χ2v) is 6.67. The number of hydrogen-bond acceptors (Lipinski definition) is 2. The van der Waals surface area contributed by atoms with Crippen LogP contribution in [0.15, 0.2) is 29.2 Å². The lowest BCUT2D eigenvalue weighted by molar-refractivity contribution is 0.329. The Balaban J connectivity index is 2.02. The van der Waals surface area contributed by atoms with Crippen LogP contribution in [0.1, 0.15) is 26.2 Å². The molecule has 1 nitrogen and oxygen atoms in total. The lowest BCUT2D eigenvalue weighted by atomic mass is 9.87. The van der Waals surface area contributed by atoms with Crippen molar-refractivity contribution in [2.24, 2.45) is 5.92 Å². The molecule has 0 saturated heterocycles. The molecule has 1 aromatic carbocycles. The Morgan fingerprint density at radius 1 is 1.24 bits per heavy atom. The highest BCUT2D eigenvalue weighted by Gasteiger charge is 2.28. The van der Waals surface area contributed by atoms with Crippen LogP contribution in [0.4, 0.5) is 0 Å². The molecule has 3 heteroatoms. The molecule has 3 atom stereocenters. The molecular weight excluding hydrogens is 250 g/mol. The summed E-state index contributed by atoms with van der Waals surface area (Å²) in [7, 11) is 2.08. The molecule has 1 fully saturated rings. The number of nitrogens with one attached hydrogen (secondary N) is 1. The van der Waals surface area contributed by atoms with Gasteiger partial charge in [-0.3, -0.25) is 0 Å². The van der Waals surface area contributed by atoms with E-state index < -0.39 is 0 Å². The van der Waals surface area contributed by atoms with Gasteiger partial charge in [0.1, 0.15) is 0 Å². The SMILES string of the molecule is CNC1CCC(C)CC1Sc1ccc(Cl)cc1. The molecule has 0 spiro atoms. The first kappa shape index (κ1) is 13.3. The maximum Gasteiger partial charge on any atom is 0.0406 e. The summed E-state index contributed by atoms with van der Waals surface area (Å²) in [5.41, 5.74) is 0. The summed E-state index contributed by atoms with van der Waals surface area (Å²) in [6.45, 7) is 2.36. The van der Waals surface area contributed by atoms with Crippen molar-refractivity contribution in [3.8, 4) is 0 Å². The molecule has 94 valence electrons. The van der Waals surface area contributed by atoms with Crippen LogP contribution in [0, 0.1) is 5.92 Å². The Bertz CT molecular complexity index is 352. The van der Waals surface area contributed by atoms with E-state index in [2.05, 4.69) is 31.4 Å². The van der Waals surface area contributed by atoms with E-state index in [1.165, 1.54) is 24.2 Å². The van der Waals surface area contributed by atoms with Crippen molar-refractivity contribution in [3.05, 3.63) is 29.3 Å². The molecule has 1 aromatic rings. The molecule has 0 bridgehead atoms. The first-order valence-electron chi connectivity index (χ1n) is 6.28. The molecule has 0 amide bonds. The zero-order valence-corrected chi connectivity index (χ0v) is 12.0. The first-order chi connectivity index (χ1) is 8.19. The zero-order chi connectivity index (χ0) is 12.3. The Morgan fingerprint density at radius 2 is 1.94 bits per heavy atom. The highest BCUT2D eigenvalue weighted by molar-refractivity contribution is 8.00. The maximum absolute atomic E-state index is 5.91. The molecule has 0 aliphatic heterocycles. The van der Waals surface area contributed by atoms with Crippen LogP contribution in [-0.2, 0) is 0 Å². The van der Waals surface area contributed by atoms with E-state index in [-0.39, 0.29) is 0 Å². The Hall–Kier alpha value is -0.180. The van der Waals surface area contributed by atoms with Gasteiger partial charge in [-0.1, -0.05) is 18.5 Å². The lowest BCUT2D eigenvalue weighted by Crippen LogP contribution is -2.40. The number of rotatable bonds is 3. The molecule has 1 N–H and O–H groups in total. The van der Waals surface area contributed by atoms with Crippen molar-refractivity contribution in [3.63, 3.8) is 0 Å². The summed E-state index contributed by atoms with van der Waals surface area (Å²) in [5, 5.41) is 4.96. The van der Waals surface area contributed by atoms with Gasteiger partial charge in [0.2, 0.25) is 0 Å². The van der Waals surface area contributed by atoms with Gasteiger partial charge in [-0.2, -0.15) is 0 Å². The van der Waals surface area contributed by atoms with Gasteiger partial charge in [-0.15, -0.1) is 11.8 Å². The predicted molar refractivity (Wildman–Crippen MR) is 77.0 cm³/mol. The van der Waals surface area contributed by atoms with Crippen molar-refractivity contribution in [2.45, 2.75) is 42.4 Å². The maximum atomic E-state index is 5.91. The fourth-order valence-electron chi connectivity index (χ4n) is 2.48. The van der Waals surface area contributed by atoms with E-state index in [1.807, 2.05) is 23.9 Å². The molecule has 0 heterocycles. The van der Waals surface area contributed by atoms with Gasteiger partial charge in [-0.05, 0) is 56.5 Å². The van der Waals surface area contributed by atoms with E-state index in [0.29, 0.717) is 11.3 Å². The molecule has 2 rings (SSSR count). The second-order valence-electron chi connectivity index (χ2n) is 4.92. The van der Waals surface area contributed by atoms with Crippen molar-refractivity contribution in [1.82, 2.24) is 5.32 Å². The molecule has 0 aromatic heterocycles. The van der Waals surface area contributed by atoms with Crippen LogP contribution in [0.25, 0.3) is 0 Å². The second kappa shape index (κ2) is 6.12. The van der Waals surface area contributed by atoms with E-state index in [9.17, 15) is 0 Å². The van der Waals surface area contributed by atoms with Crippen molar-refractivity contribution in [1.29, 1.82) is 0 Å². The minimum Gasteiger partial charge on any atom is -0.316 e. The van der Waals surface area contributed by atoms with Gasteiger partial charge in [0.05, 0.1) is 0 Å². The van der Waals surface area contributed by atoms with Crippen molar-refractivity contribution >= 4 is 23.4 Å². The normalized spacial score (nSPS) is 29.2. The third-order valence-electron chi connectivity index (χ3n) is 3.53. The molecule has 3 unspecified atom stereocenters. The van der Waals surface area contributed by atoms with Crippen LogP contribution in [0.5, 0.6) is 0 Å². The van der Waals surface area contributed by atoms with E-state index >= 15 is 0 Å². The van der Waals surface area contributed by atoms with Crippen LogP contribution in [-0.4, -0.2) is 18.3 Å². The summed E-state index contributed by atoms with van der Waals surface area (Å²) in [4.78, 5) is 1.33. The summed E-state index contributed by atoms with van der Waals surface area (Å²) in [6.07, 6.45) is 3.95. The fraction of sp³-hybridized carbons (Fsp3) is 0.571.